The first-order chi connectivity index (χ1) is 6.95. The number of hydrogen-bond acceptors (Lipinski definition) is 3. The monoisotopic (exact) mass is 233 g/mol. The molecule has 0 saturated carbocycles. The predicted octanol–water partition coefficient (Wildman–Crippen LogP) is 2.51. The fourth-order valence-corrected chi connectivity index (χ4v) is 2.64. The van der Waals surface area contributed by atoms with Gasteiger partial charge in [0.15, 0.2) is 0 Å². The third kappa shape index (κ3) is 6.44. The smallest absolute Gasteiger partial charge is 0.0610 e. The van der Waals surface area contributed by atoms with E-state index in [-0.39, 0.29) is 12.1 Å². The molecular weight excluding hydrogens is 206 g/mol. The minimum absolute atomic E-state index is 0.0988. The van der Waals surface area contributed by atoms with E-state index in [0.29, 0.717) is 5.25 Å². The highest BCUT2D eigenvalue weighted by molar-refractivity contribution is 7.99. The fraction of sp³-hybridized carbons (Fsp3) is 1.00. The number of thioether (sulfide) groups is 1. The third-order valence-electron chi connectivity index (χ3n) is 2.93. The summed E-state index contributed by atoms with van der Waals surface area (Å²) < 4.78 is 0. The molecular formula is C12H27NOS. The molecule has 0 aliphatic heterocycles. The second-order valence-corrected chi connectivity index (χ2v) is 6.30. The molecule has 0 rings (SSSR count). The Morgan fingerprint density at radius 1 is 1.33 bits per heavy atom. The van der Waals surface area contributed by atoms with Gasteiger partial charge in [0, 0.05) is 10.8 Å². The molecule has 0 bridgehead atoms. The fourth-order valence-electron chi connectivity index (χ4n) is 1.31. The van der Waals surface area contributed by atoms with E-state index in [2.05, 4.69) is 39.9 Å². The SMILES string of the molecule is CCNC(C)(CO)CCSC(C)C(C)C. The summed E-state index contributed by atoms with van der Waals surface area (Å²) in [5.74, 6) is 1.85. The molecule has 0 amide bonds. The number of likely N-dealkylation sites (N-methyl/N-ethyl adjacent to an activating group) is 1. The Balaban J connectivity index is 3.81. The first-order valence-electron chi connectivity index (χ1n) is 5.92. The van der Waals surface area contributed by atoms with Crippen molar-refractivity contribution >= 4 is 11.8 Å². The van der Waals surface area contributed by atoms with Gasteiger partial charge in [-0.2, -0.15) is 11.8 Å². The van der Waals surface area contributed by atoms with Crippen molar-refractivity contribution in [3.05, 3.63) is 0 Å². The Hall–Kier alpha value is 0.270. The molecule has 0 aromatic carbocycles. The molecule has 2 N–H and O–H groups in total. The Morgan fingerprint density at radius 3 is 2.33 bits per heavy atom. The van der Waals surface area contributed by atoms with Gasteiger partial charge in [-0.05, 0) is 31.6 Å². The molecule has 3 heteroatoms. The van der Waals surface area contributed by atoms with Gasteiger partial charge in [-0.25, -0.2) is 0 Å². The number of hydrogen-bond donors (Lipinski definition) is 2. The number of aliphatic hydroxyl groups is 1. The van der Waals surface area contributed by atoms with E-state index in [4.69, 9.17) is 0 Å². The third-order valence-corrected chi connectivity index (χ3v) is 4.44. The Kier molecular flexibility index (Phi) is 7.66. The summed E-state index contributed by atoms with van der Waals surface area (Å²) in [7, 11) is 0. The van der Waals surface area contributed by atoms with Crippen LogP contribution in [0, 0.1) is 5.92 Å². The molecule has 0 aliphatic carbocycles. The second-order valence-electron chi connectivity index (χ2n) is 4.82. The van der Waals surface area contributed by atoms with E-state index in [1.54, 1.807) is 0 Å². The maximum atomic E-state index is 9.32. The van der Waals surface area contributed by atoms with Crippen molar-refractivity contribution in [1.29, 1.82) is 0 Å². The summed E-state index contributed by atoms with van der Waals surface area (Å²) in [6.07, 6.45) is 1.03. The molecule has 0 fully saturated rings. The highest BCUT2D eigenvalue weighted by atomic mass is 32.2. The second kappa shape index (κ2) is 7.53. The zero-order chi connectivity index (χ0) is 11.9. The summed E-state index contributed by atoms with van der Waals surface area (Å²) in [6.45, 7) is 12.1. The molecule has 0 aromatic rings. The van der Waals surface area contributed by atoms with Crippen molar-refractivity contribution in [2.45, 2.75) is 51.8 Å². The quantitative estimate of drug-likeness (QED) is 0.676. The first kappa shape index (κ1) is 15.3. The van der Waals surface area contributed by atoms with Crippen molar-refractivity contribution in [3.63, 3.8) is 0 Å². The Morgan fingerprint density at radius 2 is 1.93 bits per heavy atom. The van der Waals surface area contributed by atoms with E-state index < -0.39 is 0 Å². The lowest BCUT2D eigenvalue weighted by Gasteiger charge is -2.29. The van der Waals surface area contributed by atoms with Gasteiger partial charge < -0.3 is 10.4 Å². The van der Waals surface area contributed by atoms with Gasteiger partial charge in [0.05, 0.1) is 6.61 Å². The zero-order valence-corrected chi connectivity index (χ0v) is 11.7. The average molecular weight is 233 g/mol. The minimum atomic E-state index is -0.0988. The molecule has 15 heavy (non-hydrogen) atoms. The summed E-state index contributed by atoms with van der Waals surface area (Å²) in [4.78, 5) is 0. The van der Waals surface area contributed by atoms with Crippen LogP contribution < -0.4 is 5.32 Å². The number of nitrogens with one attached hydrogen (secondary N) is 1. The summed E-state index contributed by atoms with van der Waals surface area (Å²) in [5, 5.41) is 13.4. The number of aliphatic hydroxyl groups excluding tert-OH is 1. The topological polar surface area (TPSA) is 32.3 Å². The summed E-state index contributed by atoms with van der Waals surface area (Å²) in [6, 6.07) is 0. The van der Waals surface area contributed by atoms with Crippen molar-refractivity contribution < 1.29 is 5.11 Å². The lowest BCUT2D eigenvalue weighted by molar-refractivity contribution is 0.173. The highest BCUT2D eigenvalue weighted by Gasteiger charge is 2.21. The van der Waals surface area contributed by atoms with Gasteiger partial charge in [0.1, 0.15) is 0 Å². The Bertz CT molecular complexity index is 164. The van der Waals surface area contributed by atoms with Gasteiger partial charge in [0.2, 0.25) is 0 Å². The first-order valence-corrected chi connectivity index (χ1v) is 6.97. The largest absolute Gasteiger partial charge is 0.394 e. The lowest BCUT2D eigenvalue weighted by atomic mass is 10.0. The molecule has 0 heterocycles. The van der Waals surface area contributed by atoms with E-state index in [0.717, 1.165) is 24.6 Å². The Labute approximate surface area is 99.2 Å². The van der Waals surface area contributed by atoms with Crippen LogP contribution in [0.1, 0.15) is 41.0 Å². The lowest BCUT2D eigenvalue weighted by Crippen LogP contribution is -2.46. The maximum absolute atomic E-state index is 9.32. The van der Waals surface area contributed by atoms with Crippen LogP contribution in [-0.4, -0.2) is 34.8 Å². The average Bonchev–Trinajstić information content (AvgIpc) is 2.18. The van der Waals surface area contributed by atoms with Crippen molar-refractivity contribution in [1.82, 2.24) is 5.32 Å². The normalized spacial score (nSPS) is 17.8. The van der Waals surface area contributed by atoms with Crippen LogP contribution in [0.3, 0.4) is 0 Å². The minimum Gasteiger partial charge on any atom is -0.394 e. The van der Waals surface area contributed by atoms with Gasteiger partial charge in [0.25, 0.3) is 0 Å². The van der Waals surface area contributed by atoms with E-state index in [1.165, 1.54) is 0 Å². The molecule has 2 atom stereocenters. The van der Waals surface area contributed by atoms with Gasteiger partial charge in [-0.3, -0.25) is 0 Å². The molecule has 0 aliphatic rings. The molecule has 2 nitrogen and oxygen atoms in total. The van der Waals surface area contributed by atoms with Crippen LogP contribution in [0.25, 0.3) is 0 Å². The van der Waals surface area contributed by atoms with Gasteiger partial charge in [-0.1, -0.05) is 27.7 Å². The molecule has 0 saturated heterocycles. The van der Waals surface area contributed by atoms with Crippen molar-refractivity contribution in [2.24, 2.45) is 5.92 Å². The van der Waals surface area contributed by atoms with Crippen molar-refractivity contribution in [3.8, 4) is 0 Å². The van der Waals surface area contributed by atoms with Crippen LogP contribution >= 0.6 is 11.8 Å². The van der Waals surface area contributed by atoms with Crippen LogP contribution in [-0.2, 0) is 0 Å². The molecule has 0 radical (unpaired) electrons. The van der Waals surface area contributed by atoms with Crippen LogP contribution in [0.15, 0.2) is 0 Å². The van der Waals surface area contributed by atoms with Crippen molar-refractivity contribution in [2.75, 3.05) is 18.9 Å². The van der Waals surface area contributed by atoms with E-state index in [9.17, 15) is 5.11 Å². The molecule has 0 aromatic heterocycles. The van der Waals surface area contributed by atoms with E-state index in [1.807, 2.05) is 11.8 Å². The molecule has 0 spiro atoms. The summed E-state index contributed by atoms with van der Waals surface area (Å²) >= 11 is 2.00. The molecule has 92 valence electrons. The van der Waals surface area contributed by atoms with Crippen LogP contribution in [0.4, 0.5) is 0 Å². The molecule has 2 unspecified atom stereocenters. The zero-order valence-electron chi connectivity index (χ0n) is 10.8. The summed E-state index contributed by atoms with van der Waals surface area (Å²) in [5.41, 5.74) is -0.0988. The number of rotatable bonds is 8. The van der Waals surface area contributed by atoms with Crippen LogP contribution in [0.5, 0.6) is 0 Å². The highest BCUT2D eigenvalue weighted by Crippen LogP contribution is 2.22. The standard InChI is InChI=1S/C12H27NOS/c1-6-13-12(5,9-14)7-8-15-11(4)10(2)3/h10-11,13-14H,6-9H2,1-5H3. The van der Waals surface area contributed by atoms with Gasteiger partial charge in [-0.15, -0.1) is 0 Å². The van der Waals surface area contributed by atoms with E-state index >= 15 is 0 Å². The van der Waals surface area contributed by atoms with Crippen LogP contribution in [0.2, 0.25) is 0 Å². The predicted molar refractivity (Wildman–Crippen MR) is 70.5 cm³/mol. The maximum Gasteiger partial charge on any atom is 0.0610 e. The van der Waals surface area contributed by atoms with Gasteiger partial charge >= 0.3 is 0 Å².